The number of pyridine rings is 1. The van der Waals surface area contributed by atoms with Crippen LogP contribution in [0.25, 0.3) is 0 Å². The fourth-order valence-electron chi connectivity index (χ4n) is 3.95. The van der Waals surface area contributed by atoms with Gasteiger partial charge in [-0.2, -0.15) is 4.39 Å². The number of carbonyl (C=O) groups is 7. The van der Waals surface area contributed by atoms with Crippen LogP contribution in [0.15, 0.2) is 18.3 Å². The average Bonchev–Trinajstić information content (AvgIpc) is 3.00. The molecule has 1 rings (SSSR count). The predicted molar refractivity (Wildman–Crippen MR) is 160 cm³/mol. The minimum absolute atomic E-state index is 0. The van der Waals surface area contributed by atoms with Gasteiger partial charge in [0.2, 0.25) is 17.8 Å². The van der Waals surface area contributed by atoms with Gasteiger partial charge in [-0.15, -0.1) is 0 Å². The standard InChI is InChI=1S/C27H39FN5O14P.3K/c28-20-10-7-16(15-30-20)24(38)29-13-3-1-2-6-21(34)32-18(26(41)42)8-11-22(35)31-17(25(39)40)5-4-14-47-48(45,46)33-19(27(43)44)9-12-23(36)37;;;/h7,10,15,17-19H,1-6,8-9,11-14H2,(H,29,38)(H,31,35)(H,32,34)(H,36,37)(H,39,40)(H,41,42)(H,43,44)(H2,33,45,46);;;/q;3*+1/t17-,18-,19-;;;/m0.../s1. The van der Waals surface area contributed by atoms with Crippen molar-refractivity contribution in [1.29, 1.82) is 0 Å². The number of carboxylic acids is 4. The maximum atomic E-state index is 12.8. The summed E-state index contributed by atoms with van der Waals surface area (Å²) in [5.74, 6) is -8.41. The van der Waals surface area contributed by atoms with Crippen molar-refractivity contribution in [3.8, 4) is 0 Å². The van der Waals surface area contributed by atoms with Crippen molar-refractivity contribution < 1.29 is 227 Å². The molecule has 268 valence electrons. The molecule has 0 saturated heterocycles. The molecule has 51 heavy (non-hydrogen) atoms. The third-order valence-electron chi connectivity index (χ3n) is 6.45. The van der Waals surface area contributed by atoms with Crippen LogP contribution in [-0.4, -0.2) is 103 Å². The summed E-state index contributed by atoms with van der Waals surface area (Å²) < 4.78 is 29.7. The molecule has 1 aromatic heterocycles. The molecule has 0 aliphatic heterocycles. The maximum Gasteiger partial charge on any atom is 1.00 e. The number of aromatic nitrogens is 1. The SMILES string of the molecule is O=C(O)CC[C@H](NP(=O)(O)OCCC[C@H](NC(=O)CC[C@H](NC(=O)CCCCCNC(=O)c1ccc(F)nc1)C(=O)O)C(=O)O)C(=O)O.[K+].[K+].[K+]. The van der Waals surface area contributed by atoms with E-state index < -0.39 is 99.3 Å². The van der Waals surface area contributed by atoms with Crippen molar-refractivity contribution in [3.05, 3.63) is 29.8 Å². The summed E-state index contributed by atoms with van der Waals surface area (Å²) in [4.78, 5) is 94.7. The van der Waals surface area contributed by atoms with Gasteiger partial charge in [0.15, 0.2) is 0 Å². The number of unbranched alkanes of at least 4 members (excludes halogenated alkanes) is 2. The number of carbonyl (C=O) groups excluding carboxylic acids is 3. The second-order valence-electron chi connectivity index (χ2n) is 10.3. The molecule has 0 radical (unpaired) electrons. The normalized spacial score (nSPS) is 13.2. The van der Waals surface area contributed by atoms with Crippen LogP contribution in [0.3, 0.4) is 0 Å². The zero-order valence-electron chi connectivity index (χ0n) is 28.6. The first-order valence-corrected chi connectivity index (χ1v) is 16.2. The second kappa shape index (κ2) is 30.6. The third-order valence-corrected chi connectivity index (χ3v) is 7.62. The molecular weight excluding hydrogens is 786 g/mol. The van der Waals surface area contributed by atoms with Crippen molar-refractivity contribution in [2.45, 2.75) is 82.3 Å². The number of amides is 3. The van der Waals surface area contributed by atoms with Crippen molar-refractivity contribution in [1.82, 2.24) is 26.0 Å². The van der Waals surface area contributed by atoms with Crippen LogP contribution in [0.2, 0.25) is 0 Å². The van der Waals surface area contributed by atoms with Gasteiger partial charge in [-0.05, 0) is 50.7 Å². The van der Waals surface area contributed by atoms with Crippen LogP contribution < -0.4 is 175 Å². The van der Waals surface area contributed by atoms with Gasteiger partial charge in [0.1, 0.15) is 18.1 Å². The van der Waals surface area contributed by atoms with E-state index in [9.17, 15) is 57.6 Å². The van der Waals surface area contributed by atoms with E-state index in [1.54, 1.807) is 0 Å². The summed E-state index contributed by atoms with van der Waals surface area (Å²) in [7, 11) is -4.72. The Bertz CT molecular complexity index is 1350. The number of nitrogens with one attached hydrogen (secondary N) is 4. The quantitative estimate of drug-likeness (QED) is 0.0191. The van der Waals surface area contributed by atoms with E-state index in [1.165, 1.54) is 6.07 Å². The van der Waals surface area contributed by atoms with E-state index in [4.69, 9.17) is 14.7 Å². The first-order valence-electron chi connectivity index (χ1n) is 14.6. The number of nitrogens with zero attached hydrogens (tertiary/aromatic N) is 1. The Balaban J connectivity index is -0.00000768. The molecule has 0 aliphatic rings. The number of carboxylic acid groups (broad SMARTS) is 4. The van der Waals surface area contributed by atoms with Crippen molar-refractivity contribution in [2.75, 3.05) is 13.2 Å². The Morgan fingerprint density at radius 3 is 1.82 bits per heavy atom. The maximum absolute atomic E-state index is 12.8. The van der Waals surface area contributed by atoms with E-state index in [0.717, 1.165) is 12.3 Å². The average molecular weight is 825 g/mol. The zero-order valence-corrected chi connectivity index (χ0v) is 38.9. The van der Waals surface area contributed by atoms with Gasteiger partial charge in [-0.1, -0.05) is 6.42 Å². The first kappa shape index (κ1) is 55.7. The summed E-state index contributed by atoms with van der Waals surface area (Å²) >= 11 is 0. The molecular formula is C27H39FK3N5O14P+3. The van der Waals surface area contributed by atoms with Crippen molar-refractivity contribution >= 4 is 49.3 Å². The van der Waals surface area contributed by atoms with E-state index in [0.29, 0.717) is 19.3 Å². The second-order valence-corrected chi connectivity index (χ2v) is 11.9. The Morgan fingerprint density at radius 1 is 0.745 bits per heavy atom. The monoisotopic (exact) mass is 824 g/mol. The van der Waals surface area contributed by atoms with Gasteiger partial charge in [-0.3, -0.25) is 28.5 Å². The molecule has 9 N–H and O–H groups in total. The Hall–Kier alpha value is 0.389. The van der Waals surface area contributed by atoms with E-state index >= 15 is 0 Å². The van der Waals surface area contributed by atoms with Gasteiger partial charge in [-0.25, -0.2) is 24.2 Å². The molecule has 0 saturated carbocycles. The molecule has 0 fully saturated rings. The number of halogens is 1. The van der Waals surface area contributed by atoms with Crippen molar-refractivity contribution in [2.24, 2.45) is 0 Å². The molecule has 1 unspecified atom stereocenters. The molecule has 0 aliphatic carbocycles. The molecule has 3 amide bonds. The van der Waals surface area contributed by atoms with Gasteiger partial charge in [0.25, 0.3) is 5.91 Å². The van der Waals surface area contributed by atoms with Crippen LogP contribution >= 0.6 is 7.75 Å². The zero-order chi connectivity index (χ0) is 36.3. The minimum atomic E-state index is -4.72. The van der Waals surface area contributed by atoms with Crippen LogP contribution in [-0.2, 0) is 37.9 Å². The van der Waals surface area contributed by atoms with E-state index in [1.807, 2.05) is 5.09 Å². The molecule has 4 atom stereocenters. The Labute approximate surface area is 420 Å². The summed E-state index contributed by atoms with van der Waals surface area (Å²) in [6, 6.07) is -2.31. The molecule has 0 aromatic carbocycles. The number of hydrogen-bond acceptors (Lipinski definition) is 10. The smallest absolute Gasteiger partial charge is 0.481 e. The minimum Gasteiger partial charge on any atom is -0.481 e. The number of aliphatic carboxylic acids is 4. The first-order chi connectivity index (χ1) is 22.5. The summed E-state index contributed by atoms with van der Waals surface area (Å²) in [6.07, 6.45) is -0.000265. The third kappa shape index (κ3) is 26.8. The van der Waals surface area contributed by atoms with E-state index in [2.05, 4.69) is 20.9 Å². The summed E-state index contributed by atoms with van der Waals surface area (Å²) in [5.41, 5.74) is 0.184. The van der Waals surface area contributed by atoms with Gasteiger partial charge in [0, 0.05) is 32.0 Å². The van der Waals surface area contributed by atoms with Crippen molar-refractivity contribution in [3.63, 3.8) is 0 Å². The number of hydrogen-bond donors (Lipinski definition) is 9. The van der Waals surface area contributed by atoms with Crippen LogP contribution in [0.1, 0.15) is 74.6 Å². The molecule has 24 heteroatoms. The topological polar surface area (TPSA) is 308 Å². The van der Waals surface area contributed by atoms with Gasteiger partial charge >= 0.3 is 186 Å². The predicted octanol–water partition coefficient (Wildman–Crippen LogP) is -8.75. The molecule has 1 aromatic rings. The Morgan fingerprint density at radius 2 is 1.29 bits per heavy atom. The molecule has 19 nitrogen and oxygen atoms in total. The molecule has 0 spiro atoms. The van der Waals surface area contributed by atoms with Gasteiger partial charge in [0.05, 0.1) is 12.2 Å². The van der Waals surface area contributed by atoms with Crippen LogP contribution in [0.4, 0.5) is 4.39 Å². The molecule has 1 heterocycles. The summed E-state index contributed by atoms with van der Waals surface area (Å²) in [6.45, 7) is -0.265. The largest absolute Gasteiger partial charge is 1.00 e. The fourth-order valence-corrected chi connectivity index (χ4v) is 5.03. The molecule has 0 bridgehead atoms. The van der Waals surface area contributed by atoms with Crippen LogP contribution in [0, 0.1) is 5.95 Å². The Kier molecular flexibility index (Phi) is 33.4. The van der Waals surface area contributed by atoms with Gasteiger partial charge < -0.3 is 41.3 Å². The van der Waals surface area contributed by atoms with E-state index in [-0.39, 0.29) is 192 Å². The van der Waals surface area contributed by atoms with Crippen LogP contribution in [0.5, 0.6) is 0 Å². The fraction of sp³-hybridized carbons (Fsp3) is 0.556. The number of rotatable bonds is 25. The summed E-state index contributed by atoms with van der Waals surface area (Å²) in [5, 5.41) is 45.5.